The molecule has 1 amide bonds. The summed E-state index contributed by atoms with van der Waals surface area (Å²) >= 11 is 0. The smallest absolute Gasteiger partial charge is 0.287 e. The lowest BCUT2D eigenvalue weighted by Crippen LogP contribution is -2.25. The second-order valence-corrected chi connectivity index (χ2v) is 5.57. The van der Waals surface area contributed by atoms with Gasteiger partial charge in [0, 0.05) is 24.3 Å². The van der Waals surface area contributed by atoms with Crippen LogP contribution in [0.2, 0.25) is 0 Å². The molecule has 0 bridgehead atoms. The third-order valence-electron chi connectivity index (χ3n) is 3.70. The number of carbonyl (C=O) groups is 1. The number of amides is 1. The topological polar surface area (TPSA) is 54.3 Å². The molecule has 25 heavy (non-hydrogen) atoms. The number of para-hydroxylation sites is 1. The summed E-state index contributed by atoms with van der Waals surface area (Å²) in [5.74, 6) is 0.219. The van der Waals surface area contributed by atoms with Crippen LogP contribution in [0, 0.1) is 5.82 Å². The minimum absolute atomic E-state index is 0.246. The van der Waals surface area contributed by atoms with Gasteiger partial charge < -0.3 is 15.1 Å². The number of halogens is 1. The van der Waals surface area contributed by atoms with Crippen molar-refractivity contribution in [1.29, 1.82) is 0 Å². The fourth-order valence-corrected chi connectivity index (χ4v) is 2.40. The molecule has 2 N–H and O–H groups in total. The molecule has 3 aromatic rings. The van der Waals surface area contributed by atoms with Gasteiger partial charge in [-0.1, -0.05) is 18.2 Å². The summed E-state index contributed by atoms with van der Waals surface area (Å²) in [6, 6.07) is 19.2. The molecule has 0 saturated carbocycles. The summed E-state index contributed by atoms with van der Waals surface area (Å²) < 4.78 is 18.5. The molecule has 0 aliphatic carbocycles. The highest BCUT2D eigenvalue weighted by Crippen LogP contribution is 2.22. The van der Waals surface area contributed by atoms with Crippen molar-refractivity contribution in [2.45, 2.75) is 6.42 Å². The Labute approximate surface area is 145 Å². The molecular formula is C20H19FN2O2. The number of benzene rings is 2. The molecular weight excluding hydrogens is 319 g/mol. The molecule has 0 radical (unpaired) electrons. The summed E-state index contributed by atoms with van der Waals surface area (Å²) in [4.78, 5) is 12.1. The van der Waals surface area contributed by atoms with Gasteiger partial charge in [-0.15, -0.1) is 0 Å². The molecule has 0 fully saturated rings. The van der Waals surface area contributed by atoms with E-state index >= 15 is 0 Å². The highest BCUT2D eigenvalue weighted by atomic mass is 19.1. The van der Waals surface area contributed by atoms with Gasteiger partial charge in [0.2, 0.25) is 0 Å². The quantitative estimate of drug-likeness (QED) is 0.631. The highest BCUT2D eigenvalue weighted by molar-refractivity contribution is 5.92. The summed E-state index contributed by atoms with van der Waals surface area (Å²) in [6.07, 6.45) is 0.798. The van der Waals surface area contributed by atoms with Crippen LogP contribution in [-0.2, 0) is 0 Å². The lowest BCUT2D eigenvalue weighted by molar-refractivity contribution is 0.0926. The zero-order valence-electron chi connectivity index (χ0n) is 13.7. The van der Waals surface area contributed by atoms with Crippen LogP contribution >= 0.6 is 0 Å². The first-order valence-electron chi connectivity index (χ1n) is 8.15. The van der Waals surface area contributed by atoms with E-state index in [9.17, 15) is 9.18 Å². The third kappa shape index (κ3) is 4.70. The van der Waals surface area contributed by atoms with Gasteiger partial charge >= 0.3 is 0 Å². The molecule has 5 heteroatoms. The minimum Gasteiger partial charge on any atom is -0.451 e. The number of nitrogens with one attached hydrogen (secondary N) is 2. The number of hydrogen-bond acceptors (Lipinski definition) is 3. The summed E-state index contributed by atoms with van der Waals surface area (Å²) in [5.41, 5.74) is 1.79. The van der Waals surface area contributed by atoms with E-state index in [2.05, 4.69) is 10.6 Å². The van der Waals surface area contributed by atoms with Crippen molar-refractivity contribution < 1.29 is 13.6 Å². The van der Waals surface area contributed by atoms with Gasteiger partial charge in [-0.3, -0.25) is 4.79 Å². The Morgan fingerprint density at radius 3 is 2.44 bits per heavy atom. The van der Waals surface area contributed by atoms with Crippen molar-refractivity contribution in [3.05, 3.63) is 78.3 Å². The van der Waals surface area contributed by atoms with E-state index < -0.39 is 0 Å². The van der Waals surface area contributed by atoms with Crippen LogP contribution < -0.4 is 10.6 Å². The van der Waals surface area contributed by atoms with Crippen LogP contribution in [0.3, 0.4) is 0 Å². The van der Waals surface area contributed by atoms with Crippen LogP contribution in [0.15, 0.2) is 71.1 Å². The number of hydrogen-bond donors (Lipinski definition) is 2. The minimum atomic E-state index is -0.308. The molecule has 0 aliphatic rings. The molecule has 0 aliphatic heterocycles. The number of rotatable bonds is 7. The van der Waals surface area contributed by atoms with Crippen LogP contribution in [0.4, 0.5) is 10.1 Å². The van der Waals surface area contributed by atoms with Crippen LogP contribution in [0.25, 0.3) is 11.3 Å². The largest absolute Gasteiger partial charge is 0.451 e. The van der Waals surface area contributed by atoms with Crippen molar-refractivity contribution in [3.8, 4) is 11.3 Å². The Hall–Kier alpha value is -3.08. The Kier molecular flexibility index (Phi) is 5.46. The van der Waals surface area contributed by atoms with E-state index in [1.807, 2.05) is 30.3 Å². The lowest BCUT2D eigenvalue weighted by Gasteiger charge is -2.06. The summed E-state index contributed by atoms with van der Waals surface area (Å²) in [5, 5.41) is 6.11. The fraction of sp³-hybridized carbons (Fsp3) is 0.150. The van der Waals surface area contributed by atoms with Crippen LogP contribution in [0.5, 0.6) is 0 Å². The number of anilines is 1. The predicted octanol–water partition coefficient (Wildman–Crippen LogP) is 4.32. The highest BCUT2D eigenvalue weighted by Gasteiger charge is 2.11. The summed E-state index contributed by atoms with van der Waals surface area (Å²) in [7, 11) is 0. The maximum atomic E-state index is 12.9. The van der Waals surface area contributed by atoms with E-state index in [1.165, 1.54) is 12.1 Å². The number of carbonyl (C=O) groups excluding carboxylic acids is 1. The maximum Gasteiger partial charge on any atom is 0.287 e. The van der Waals surface area contributed by atoms with Crippen LogP contribution in [-0.4, -0.2) is 19.0 Å². The summed E-state index contributed by atoms with van der Waals surface area (Å²) in [6.45, 7) is 1.31. The van der Waals surface area contributed by atoms with Crippen molar-refractivity contribution in [2.75, 3.05) is 18.4 Å². The van der Waals surface area contributed by atoms with E-state index in [-0.39, 0.29) is 17.5 Å². The first kappa shape index (κ1) is 16.8. The Morgan fingerprint density at radius 2 is 1.68 bits per heavy atom. The molecule has 0 atom stereocenters. The second kappa shape index (κ2) is 8.15. The molecule has 1 heterocycles. The molecule has 1 aromatic heterocycles. The van der Waals surface area contributed by atoms with Crippen LogP contribution in [0.1, 0.15) is 17.0 Å². The average molecular weight is 338 g/mol. The Morgan fingerprint density at radius 1 is 0.920 bits per heavy atom. The van der Waals surface area contributed by atoms with Gasteiger partial charge in [0.05, 0.1) is 0 Å². The molecule has 0 saturated heterocycles. The monoisotopic (exact) mass is 338 g/mol. The van der Waals surface area contributed by atoms with E-state index in [4.69, 9.17) is 4.42 Å². The first-order valence-corrected chi connectivity index (χ1v) is 8.15. The van der Waals surface area contributed by atoms with Crippen molar-refractivity contribution >= 4 is 11.6 Å². The molecule has 0 spiro atoms. The van der Waals surface area contributed by atoms with Crippen molar-refractivity contribution in [2.24, 2.45) is 0 Å². The molecule has 2 aromatic carbocycles. The van der Waals surface area contributed by atoms with E-state index in [1.54, 1.807) is 24.3 Å². The first-order chi connectivity index (χ1) is 12.2. The average Bonchev–Trinajstić information content (AvgIpc) is 3.13. The number of furan rings is 1. The van der Waals surface area contributed by atoms with Gasteiger partial charge in [0.15, 0.2) is 5.76 Å². The Balaban J connectivity index is 1.45. The van der Waals surface area contributed by atoms with Crippen molar-refractivity contribution in [3.63, 3.8) is 0 Å². The van der Waals surface area contributed by atoms with Gasteiger partial charge in [-0.05, 0) is 55.0 Å². The zero-order chi connectivity index (χ0) is 17.5. The SMILES string of the molecule is O=C(NCCCNc1ccccc1)c1ccc(-c2ccc(F)cc2)o1. The molecule has 128 valence electrons. The normalized spacial score (nSPS) is 10.4. The van der Waals surface area contributed by atoms with Gasteiger partial charge in [0.1, 0.15) is 11.6 Å². The fourth-order valence-electron chi connectivity index (χ4n) is 2.40. The van der Waals surface area contributed by atoms with Gasteiger partial charge in [0.25, 0.3) is 5.91 Å². The van der Waals surface area contributed by atoms with Gasteiger partial charge in [-0.25, -0.2) is 4.39 Å². The molecule has 3 rings (SSSR count). The predicted molar refractivity (Wildman–Crippen MR) is 96.0 cm³/mol. The Bertz CT molecular complexity index is 813. The third-order valence-corrected chi connectivity index (χ3v) is 3.70. The van der Waals surface area contributed by atoms with Crippen molar-refractivity contribution in [1.82, 2.24) is 5.32 Å². The molecule has 4 nitrogen and oxygen atoms in total. The maximum absolute atomic E-state index is 12.9. The van der Waals surface area contributed by atoms with E-state index in [0.29, 0.717) is 12.3 Å². The second-order valence-electron chi connectivity index (χ2n) is 5.57. The zero-order valence-corrected chi connectivity index (χ0v) is 13.7. The van der Waals surface area contributed by atoms with E-state index in [0.717, 1.165) is 24.2 Å². The van der Waals surface area contributed by atoms with Gasteiger partial charge in [-0.2, -0.15) is 0 Å². The lowest BCUT2D eigenvalue weighted by atomic mass is 10.2. The molecule has 0 unspecified atom stereocenters. The standard InChI is InChI=1S/C20H19FN2O2/c21-16-9-7-15(8-10-16)18-11-12-19(25-18)20(24)23-14-4-13-22-17-5-2-1-3-6-17/h1-3,5-12,22H,4,13-14H2,(H,23,24).